The third kappa shape index (κ3) is 3.60. The van der Waals surface area contributed by atoms with Crippen LogP contribution in [0.5, 0.6) is 0 Å². The summed E-state index contributed by atoms with van der Waals surface area (Å²) in [6.07, 6.45) is 0. The van der Waals surface area contributed by atoms with Crippen molar-refractivity contribution in [3.63, 3.8) is 0 Å². The maximum atomic E-state index is 12.2. The molecule has 0 saturated carbocycles. The lowest BCUT2D eigenvalue weighted by atomic mass is 10.2. The van der Waals surface area contributed by atoms with Gasteiger partial charge in [0.1, 0.15) is 0 Å². The van der Waals surface area contributed by atoms with Gasteiger partial charge in [-0.3, -0.25) is 0 Å². The second-order valence-corrected chi connectivity index (χ2v) is 7.51. The Hall–Kier alpha value is -1.90. The number of nitrogens with one attached hydrogen (secondary N) is 1. The molecule has 0 unspecified atom stereocenters. The van der Waals surface area contributed by atoms with E-state index in [4.69, 9.17) is 10.8 Å². The summed E-state index contributed by atoms with van der Waals surface area (Å²) in [5.41, 5.74) is 5.35. The minimum atomic E-state index is -3.92. The first-order valence-electron chi connectivity index (χ1n) is 5.97. The van der Waals surface area contributed by atoms with Crippen LogP contribution in [0, 0.1) is 6.92 Å². The van der Waals surface area contributed by atoms with E-state index in [-0.39, 0.29) is 22.7 Å². The summed E-state index contributed by atoms with van der Waals surface area (Å²) in [6.45, 7) is 2.04. The Morgan fingerprint density at radius 2 is 2.05 bits per heavy atom. The van der Waals surface area contributed by atoms with E-state index in [0.29, 0.717) is 0 Å². The number of rotatable bonds is 5. The van der Waals surface area contributed by atoms with E-state index in [1.165, 1.54) is 23.5 Å². The monoisotopic (exact) mass is 326 g/mol. The lowest BCUT2D eigenvalue weighted by Gasteiger charge is -2.09. The molecule has 6 nitrogen and oxygen atoms in total. The largest absolute Gasteiger partial charge is 0.478 e. The minimum Gasteiger partial charge on any atom is -0.478 e. The molecule has 1 aromatic heterocycles. The maximum Gasteiger partial charge on any atom is 0.337 e. The molecule has 112 valence electrons. The van der Waals surface area contributed by atoms with Crippen LogP contribution in [0.1, 0.15) is 20.1 Å². The van der Waals surface area contributed by atoms with Gasteiger partial charge in [0.25, 0.3) is 0 Å². The third-order valence-corrected chi connectivity index (χ3v) is 5.22. The van der Waals surface area contributed by atoms with E-state index in [1.807, 2.05) is 19.1 Å². The number of sulfonamides is 1. The molecule has 8 heteroatoms. The molecule has 1 heterocycles. The molecular weight excluding hydrogens is 312 g/mol. The van der Waals surface area contributed by atoms with Gasteiger partial charge >= 0.3 is 5.97 Å². The number of carbonyl (C=O) groups is 1. The summed E-state index contributed by atoms with van der Waals surface area (Å²) in [6, 6.07) is 7.40. The van der Waals surface area contributed by atoms with E-state index >= 15 is 0 Å². The fourth-order valence-corrected chi connectivity index (χ4v) is 3.88. The van der Waals surface area contributed by atoms with Crippen LogP contribution in [0.15, 0.2) is 35.2 Å². The topological polar surface area (TPSA) is 109 Å². The molecule has 21 heavy (non-hydrogen) atoms. The van der Waals surface area contributed by atoms with Gasteiger partial charge < -0.3 is 10.8 Å². The molecule has 0 spiro atoms. The van der Waals surface area contributed by atoms with Gasteiger partial charge in [-0.2, -0.15) is 0 Å². The molecule has 2 aromatic rings. The Morgan fingerprint density at radius 1 is 1.33 bits per heavy atom. The average Bonchev–Trinajstić information content (AvgIpc) is 2.82. The number of anilines is 1. The number of carboxylic acids is 1. The van der Waals surface area contributed by atoms with Gasteiger partial charge in [0, 0.05) is 22.0 Å². The Morgan fingerprint density at radius 3 is 2.62 bits per heavy atom. The van der Waals surface area contributed by atoms with Crippen molar-refractivity contribution in [1.82, 2.24) is 4.72 Å². The number of hydrogen-bond donors (Lipinski definition) is 3. The smallest absolute Gasteiger partial charge is 0.337 e. The Bertz CT molecular complexity index is 781. The SMILES string of the molecule is Cc1ccc(CNS(=O)(=O)c2ccc(N)cc2C(=O)O)s1. The van der Waals surface area contributed by atoms with Crippen molar-refractivity contribution in [2.75, 3.05) is 5.73 Å². The number of hydrogen-bond acceptors (Lipinski definition) is 5. The highest BCUT2D eigenvalue weighted by atomic mass is 32.2. The molecular formula is C13H14N2O4S2. The number of aryl methyl sites for hydroxylation is 1. The van der Waals surface area contributed by atoms with Crippen molar-refractivity contribution < 1.29 is 18.3 Å². The molecule has 0 aliphatic heterocycles. The first-order chi connectivity index (χ1) is 9.79. The van der Waals surface area contributed by atoms with Gasteiger partial charge in [0.2, 0.25) is 10.0 Å². The van der Waals surface area contributed by atoms with Crippen LogP contribution >= 0.6 is 11.3 Å². The highest BCUT2D eigenvalue weighted by Gasteiger charge is 2.22. The number of nitrogen functional groups attached to an aromatic ring is 1. The summed E-state index contributed by atoms with van der Waals surface area (Å²) in [4.78, 5) is 12.8. The van der Waals surface area contributed by atoms with Gasteiger partial charge in [-0.25, -0.2) is 17.9 Å². The van der Waals surface area contributed by atoms with E-state index in [0.717, 1.165) is 15.8 Å². The van der Waals surface area contributed by atoms with Crippen molar-refractivity contribution in [3.05, 3.63) is 45.6 Å². The predicted octanol–water partition coefficient (Wildman–Crippen LogP) is 1.82. The fourth-order valence-electron chi connectivity index (χ4n) is 1.77. The van der Waals surface area contributed by atoms with Gasteiger partial charge in [-0.15, -0.1) is 11.3 Å². The summed E-state index contributed by atoms with van der Waals surface area (Å²) in [5, 5.41) is 9.10. The van der Waals surface area contributed by atoms with Gasteiger partial charge in [0.05, 0.1) is 10.5 Å². The molecule has 0 bridgehead atoms. The van der Waals surface area contributed by atoms with E-state index in [1.54, 1.807) is 0 Å². The second kappa shape index (κ2) is 5.84. The molecule has 0 aliphatic rings. The van der Waals surface area contributed by atoms with Crippen LogP contribution in [0.4, 0.5) is 5.69 Å². The van der Waals surface area contributed by atoms with E-state index in [2.05, 4.69) is 4.72 Å². The average molecular weight is 326 g/mol. The highest BCUT2D eigenvalue weighted by molar-refractivity contribution is 7.89. The third-order valence-electron chi connectivity index (χ3n) is 2.76. The molecule has 0 fully saturated rings. The lowest BCUT2D eigenvalue weighted by Crippen LogP contribution is -2.25. The Labute approximate surface area is 126 Å². The van der Waals surface area contributed by atoms with Crippen molar-refractivity contribution in [3.8, 4) is 0 Å². The van der Waals surface area contributed by atoms with Crippen LogP contribution in [0.3, 0.4) is 0 Å². The molecule has 0 atom stereocenters. The van der Waals surface area contributed by atoms with Crippen molar-refractivity contribution in [1.29, 1.82) is 0 Å². The van der Waals surface area contributed by atoms with Crippen molar-refractivity contribution in [2.24, 2.45) is 0 Å². The first-order valence-corrected chi connectivity index (χ1v) is 8.27. The van der Waals surface area contributed by atoms with Crippen molar-refractivity contribution in [2.45, 2.75) is 18.4 Å². The number of nitrogens with two attached hydrogens (primary N) is 1. The Kier molecular flexibility index (Phi) is 4.31. The zero-order chi connectivity index (χ0) is 15.6. The summed E-state index contributed by atoms with van der Waals surface area (Å²) in [5.74, 6) is -1.34. The van der Waals surface area contributed by atoms with Gasteiger partial charge in [0.15, 0.2) is 0 Å². The number of carboxylic acid groups (broad SMARTS) is 1. The minimum absolute atomic E-state index is 0.115. The van der Waals surface area contributed by atoms with E-state index in [9.17, 15) is 13.2 Å². The number of thiophene rings is 1. The molecule has 4 N–H and O–H groups in total. The number of benzene rings is 1. The molecule has 0 radical (unpaired) electrons. The summed E-state index contributed by atoms with van der Waals surface area (Å²) >= 11 is 1.47. The maximum absolute atomic E-state index is 12.2. The first kappa shape index (κ1) is 15.5. The standard InChI is InChI=1S/C13H14N2O4S2/c1-8-2-4-10(20-8)7-15-21(18,19)12-5-3-9(14)6-11(12)13(16)17/h2-6,15H,7,14H2,1H3,(H,16,17). The normalized spacial score (nSPS) is 11.5. The second-order valence-electron chi connectivity index (χ2n) is 4.40. The summed E-state index contributed by atoms with van der Waals surface area (Å²) < 4.78 is 26.9. The number of aromatic carboxylic acids is 1. The predicted molar refractivity (Wildman–Crippen MR) is 80.9 cm³/mol. The molecule has 2 rings (SSSR count). The summed E-state index contributed by atoms with van der Waals surface area (Å²) in [7, 11) is -3.92. The zero-order valence-electron chi connectivity index (χ0n) is 11.2. The molecule has 0 amide bonds. The fraction of sp³-hybridized carbons (Fsp3) is 0.154. The van der Waals surface area contributed by atoms with Gasteiger partial charge in [-0.05, 0) is 37.3 Å². The Balaban J connectivity index is 2.29. The van der Waals surface area contributed by atoms with Crippen LogP contribution in [-0.2, 0) is 16.6 Å². The highest BCUT2D eigenvalue weighted by Crippen LogP contribution is 2.20. The zero-order valence-corrected chi connectivity index (χ0v) is 12.8. The molecule has 0 saturated heterocycles. The van der Waals surface area contributed by atoms with Crippen LogP contribution < -0.4 is 10.5 Å². The van der Waals surface area contributed by atoms with Crippen LogP contribution in [0.2, 0.25) is 0 Å². The lowest BCUT2D eigenvalue weighted by molar-refractivity contribution is 0.0692. The van der Waals surface area contributed by atoms with Crippen molar-refractivity contribution >= 4 is 33.0 Å². The van der Waals surface area contributed by atoms with Gasteiger partial charge in [-0.1, -0.05) is 0 Å². The van der Waals surface area contributed by atoms with E-state index < -0.39 is 16.0 Å². The quantitative estimate of drug-likeness (QED) is 0.726. The molecule has 0 aliphatic carbocycles. The van der Waals surface area contributed by atoms with Crippen LogP contribution in [0.25, 0.3) is 0 Å². The van der Waals surface area contributed by atoms with Crippen LogP contribution in [-0.4, -0.2) is 19.5 Å². The molecule has 1 aromatic carbocycles.